The van der Waals surface area contributed by atoms with E-state index in [4.69, 9.17) is 16.7 Å². The Bertz CT molecular complexity index is 457. The first-order chi connectivity index (χ1) is 8.13. The van der Waals surface area contributed by atoms with E-state index in [0.29, 0.717) is 17.6 Å². The molecule has 5 nitrogen and oxygen atoms in total. The minimum Gasteiger partial charge on any atom is -0.394 e. The Balaban J connectivity index is 2.17. The molecule has 94 valence electrons. The minimum atomic E-state index is -0.367. The van der Waals surface area contributed by atoms with E-state index in [1.54, 1.807) is 0 Å². The van der Waals surface area contributed by atoms with E-state index < -0.39 is 0 Å². The number of anilines is 1. The van der Waals surface area contributed by atoms with Crippen molar-refractivity contribution in [2.75, 3.05) is 11.9 Å². The summed E-state index contributed by atoms with van der Waals surface area (Å²) in [4.78, 5) is 11.8. The highest BCUT2D eigenvalue weighted by Crippen LogP contribution is 2.34. The maximum Gasteiger partial charge on any atom is 0.287 e. The predicted octanol–water partition coefficient (Wildman–Crippen LogP) is 1.10. The van der Waals surface area contributed by atoms with Crippen LogP contribution >= 0.6 is 11.6 Å². The van der Waals surface area contributed by atoms with Crippen LogP contribution in [0.15, 0.2) is 11.0 Å². The van der Waals surface area contributed by atoms with Crippen LogP contribution in [-0.4, -0.2) is 27.5 Å². The highest BCUT2D eigenvalue weighted by Gasteiger charge is 2.28. The molecule has 17 heavy (non-hydrogen) atoms. The standard InChI is InChI=1S/C11H16ClN3O2/c1-7(8-2-3-8)14-9-6-13-15(4-5-16)11(17)10(9)12/h6-8,14,16H,2-5H2,1H3. The van der Waals surface area contributed by atoms with Crippen LogP contribution in [0.25, 0.3) is 0 Å². The van der Waals surface area contributed by atoms with Gasteiger partial charge in [-0.1, -0.05) is 11.6 Å². The van der Waals surface area contributed by atoms with Crippen LogP contribution in [0, 0.1) is 5.92 Å². The summed E-state index contributed by atoms with van der Waals surface area (Å²) in [5.41, 5.74) is 0.207. The van der Waals surface area contributed by atoms with E-state index in [1.165, 1.54) is 19.0 Å². The third-order valence-electron chi connectivity index (χ3n) is 3.01. The third-order valence-corrected chi connectivity index (χ3v) is 3.37. The molecule has 1 heterocycles. The van der Waals surface area contributed by atoms with Crippen molar-refractivity contribution < 1.29 is 5.11 Å². The number of nitrogens with one attached hydrogen (secondary N) is 1. The molecule has 1 aromatic heterocycles. The van der Waals surface area contributed by atoms with Crippen molar-refractivity contribution in [3.63, 3.8) is 0 Å². The number of aliphatic hydroxyl groups is 1. The Morgan fingerprint density at radius 2 is 2.41 bits per heavy atom. The predicted molar refractivity (Wildman–Crippen MR) is 66.4 cm³/mol. The zero-order valence-electron chi connectivity index (χ0n) is 9.69. The average Bonchev–Trinajstić information content (AvgIpc) is 3.12. The Morgan fingerprint density at radius 1 is 1.71 bits per heavy atom. The van der Waals surface area contributed by atoms with Gasteiger partial charge in [-0.25, -0.2) is 4.68 Å². The molecule has 1 aliphatic carbocycles. The molecule has 1 aromatic rings. The Morgan fingerprint density at radius 3 is 3.00 bits per heavy atom. The summed E-state index contributed by atoms with van der Waals surface area (Å²) >= 11 is 5.99. The summed E-state index contributed by atoms with van der Waals surface area (Å²) in [6.07, 6.45) is 3.99. The molecule has 0 aromatic carbocycles. The van der Waals surface area contributed by atoms with Gasteiger partial charge in [0.25, 0.3) is 5.56 Å². The number of aromatic nitrogens is 2. The fourth-order valence-electron chi connectivity index (χ4n) is 1.78. The number of halogens is 1. The second-order valence-corrected chi connectivity index (χ2v) is 4.77. The summed E-state index contributed by atoms with van der Waals surface area (Å²) in [5, 5.41) is 16.1. The van der Waals surface area contributed by atoms with E-state index in [-0.39, 0.29) is 23.7 Å². The van der Waals surface area contributed by atoms with E-state index >= 15 is 0 Å². The minimum absolute atomic E-state index is 0.130. The topological polar surface area (TPSA) is 67.2 Å². The summed E-state index contributed by atoms with van der Waals surface area (Å²) < 4.78 is 1.16. The number of hydrogen-bond acceptors (Lipinski definition) is 4. The van der Waals surface area contributed by atoms with Gasteiger partial charge >= 0.3 is 0 Å². The lowest BCUT2D eigenvalue weighted by Crippen LogP contribution is -2.27. The van der Waals surface area contributed by atoms with Crippen molar-refractivity contribution >= 4 is 17.3 Å². The van der Waals surface area contributed by atoms with Gasteiger partial charge in [-0.3, -0.25) is 4.79 Å². The van der Waals surface area contributed by atoms with E-state index in [2.05, 4.69) is 17.3 Å². The summed E-state index contributed by atoms with van der Waals surface area (Å²) in [6, 6.07) is 0.308. The Hall–Kier alpha value is -1.07. The van der Waals surface area contributed by atoms with Crippen LogP contribution in [0.2, 0.25) is 5.02 Å². The molecule has 0 aliphatic heterocycles. The molecule has 0 amide bonds. The molecule has 2 N–H and O–H groups in total. The monoisotopic (exact) mass is 257 g/mol. The number of aliphatic hydroxyl groups excluding tert-OH is 1. The first kappa shape index (κ1) is 12.4. The number of hydrogen-bond donors (Lipinski definition) is 2. The normalized spacial score (nSPS) is 16.9. The second kappa shape index (κ2) is 5.06. The third kappa shape index (κ3) is 2.79. The van der Waals surface area contributed by atoms with Crippen LogP contribution in [0.4, 0.5) is 5.69 Å². The molecule has 1 saturated carbocycles. The quantitative estimate of drug-likeness (QED) is 0.829. The van der Waals surface area contributed by atoms with Gasteiger partial charge in [-0.15, -0.1) is 0 Å². The highest BCUT2D eigenvalue weighted by atomic mass is 35.5. The fraction of sp³-hybridized carbons (Fsp3) is 0.636. The lowest BCUT2D eigenvalue weighted by molar-refractivity contribution is 0.266. The van der Waals surface area contributed by atoms with Gasteiger partial charge in [0.15, 0.2) is 0 Å². The van der Waals surface area contributed by atoms with Crippen molar-refractivity contribution in [3.05, 3.63) is 21.6 Å². The van der Waals surface area contributed by atoms with Crippen molar-refractivity contribution in [1.29, 1.82) is 0 Å². The molecule has 1 fully saturated rings. The molecule has 1 unspecified atom stereocenters. The van der Waals surface area contributed by atoms with Crippen LogP contribution < -0.4 is 10.9 Å². The van der Waals surface area contributed by atoms with E-state index in [0.717, 1.165) is 4.68 Å². The summed E-state index contributed by atoms with van der Waals surface area (Å²) in [7, 11) is 0. The van der Waals surface area contributed by atoms with Gasteiger partial charge in [-0.05, 0) is 25.7 Å². The molecule has 1 atom stereocenters. The maximum atomic E-state index is 11.8. The van der Waals surface area contributed by atoms with Gasteiger partial charge in [0.05, 0.1) is 25.0 Å². The molecular weight excluding hydrogens is 242 g/mol. The van der Waals surface area contributed by atoms with Crippen LogP contribution in [0.3, 0.4) is 0 Å². The first-order valence-electron chi connectivity index (χ1n) is 5.76. The van der Waals surface area contributed by atoms with Crippen LogP contribution in [0.5, 0.6) is 0 Å². The van der Waals surface area contributed by atoms with Crippen molar-refractivity contribution in [2.24, 2.45) is 5.92 Å². The molecule has 0 spiro atoms. The molecule has 1 aliphatic rings. The lowest BCUT2D eigenvalue weighted by atomic mass is 10.2. The molecule has 0 bridgehead atoms. The Labute approximate surface area is 104 Å². The molecule has 6 heteroatoms. The molecule has 0 radical (unpaired) electrons. The number of rotatable bonds is 5. The van der Waals surface area contributed by atoms with Crippen LogP contribution in [-0.2, 0) is 6.54 Å². The van der Waals surface area contributed by atoms with Crippen LogP contribution in [0.1, 0.15) is 19.8 Å². The largest absolute Gasteiger partial charge is 0.394 e. The molecule has 0 saturated heterocycles. The lowest BCUT2D eigenvalue weighted by Gasteiger charge is -2.15. The van der Waals surface area contributed by atoms with E-state index in [9.17, 15) is 4.79 Å². The van der Waals surface area contributed by atoms with Gasteiger partial charge in [0, 0.05) is 6.04 Å². The van der Waals surface area contributed by atoms with Crippen molar-refractivity contribution in [2.45, 2.75) is 32.4 Å². The summed E-state index contributed by atoms with van der Waals surface area (Å²) in [6.45, 7) is 2.11. The summed E-state index contributed by atoms with van der Waals surface area (Å²) in [5.74, 6) is 0.672. The maximum absolute atomic E-state index is 11.8. The Kier molecular flexibility index (Phi) is 3.69. The first-order valence-corrected chi connectivity index (χ1v) is 6.14. The van der Waals surface area contributed by atoms with Gasteiger partial charge in [0.1, 0.15) is 5.02 Å². The molecule has 2 rings (SSSR count). The smallest absolute Gasteiger partial charge is 0.287 e. The van der Waals surface area contributed by atoms with Gasteiger partial charge < -0.3 is 10.4 Å². The second-order valence-electron chi connectivity index (χ2n) is 4.39. The van der Waals surface area contributed by atoms with E-state index in [1.807, 2.05) is 0 Å². The van der Waals surface area contributed by atoms with Gasteiger partial charge in [0.2, 0.25) is 0 Å². The highest BCUT2D eigenvalue weighted by molar-refractivity contribution is 6.32. The zero-order chi connectivity index (χ0) is 12.4. The number of nitrogens with zero attached hydrogens (tertiary/aromatic N) is 2. The zero-order valence-corrected chi connectivity index (χ0v) is 10.4. The van der Waals surface area contributed by atoms with Gasteiger partial charge in [-0.2, -0.15) is 5.10 Å². The van der Waals surface area contributed by atoms with Crippen molar-refractivity contribution in [3.8, 4) is 0 Å². The average molecular weight is 258 g/mol. The SMILES string of the molecule is CC(Nc1cnn(CCO)c(=O)c1Cl)C1CC1. The van der Waals surface area contributed by atoms with Crippen molar-refractivity contribution in [1.82, 2.24) is 9.78 Å². The fourth-order valence-corrected chi connectivity index (χ4v) is 1.98. The molecular formula is C11H16ClN3O2.